The first-order valence-corrected chi connectivity index (χ1v) is 9.64. The van der Waals surface area contributed by atoms with Gasteiger partial charge in [0.05, 0.1) is 6.61 Å². The number of esters is 1. The van der Waals surface area contributed by atoms with E-state index in [1.807, 2.05) is 25.1 Å². The molecule has 2 aromatic rings. The van der Waals surface area contributed by atoms with Crippen LogP contribution in [0.5, 0.6) is 0 Å². The number of rotatable bonds is 7. The van der Waals surface area contributed by atoms with E-state index in [0.717, 1.165) is 32.7 Å². The molecule has 1 atom stereocenters. The normalized spacial score (nSPS) is 18.6. The molecule has 0 spiro atoms. The van der Waals surface area contributed by atoms with Crippen LogP contribution in [0.1, 0.15) is 18.1 Å². The lowest BCUT2D eigenvalue weighted by molar-refractivity contribution is -0.137. The van der Waals surface area contributed by atoms with Gasteiger partial charge in [-0.3, -0.25) is 9.80 Å². The third-order valence-electron chi connectivity index (χ3n) is 4.84. The molecular weight excluding hydrogens is 336 g/mol. The van der Waals surface area contributed by atoms with Gasteiger partial charge in [0, 0.05) is 44.8 Å². The van der Waals surface area contributed by atoms with Crippen LogP contribution in [0, 0.1) is 0 Å². The second-order valence-corrected chi connectivity index (χ2v) is 6.86. The number of carbonyl (C=O) groups is 1. The van der Waals surface area contributed by atoms with Gasteiger partial charge >= 0.3 is 5.97 Å². The molecule has 3 rings (SSSR count). The zero-order chi connectivity index (χ0) is 18.9. The Labute approximate surface area is 162 Å². The molecule has 1 fully saturated rings. The summed E-state index contributed by atoms with van der Waals surface area (Å²) in [7, 11) is 0. The second kappa shape index (κ2) is 10.0. The Morgan fingerprint density at radius 3 is 2.26 bits per heavy atom. The number of hydrogen-bond acceptors (Lipinski definition) is 4. The third kappa shape index (κ3) is 6.05. The largest absolute Gasteiger partial charge is 0.463 e. The van der Waals surface area contributed by atoms with Crippen molar-refractivity contribution >= 4 is 5.97 Å². The van der Waals surface area contributed by atoms with Gasteiger partial charge in [0.1, 0.15) is 0 Å². The summed E-state index contributed by atoms with van der Waals surface area (Å²) in [5.74, 6) is -0.266. The maximum absolute atomic E-state index is 11.8. The Kier molecular flexibility index (Phi) is 7.19. The van der Waals surface area contributed by atoms with Crippen molar-refractivity contribution in [2.24, 2.45) is 0 Å². The Balaban J connectivity index is 1.68. The molecule has 0 N–H and O–H groups in total. The third-order valence-corrected chi connectivity index (χ3v) is 4.84. The molecule has 1 unspecified atom stereocenters. The molecule has 27 heavy (non-hydrogen) atoms. The average molecular weight is 364 g/mol. The summed E-state index contributed by atoms with van der Waals surface area (Å²) in [6.07, 6.45) is 3.58. The number of piperazine rings is 1. The molecule has 4 nitrogen and oxygen atoms in total. The lowest BCUT2D eigenvalue weighted by atomic mass is 10.1. The van der Waals surface area contributed by atoms with Gasteiger partial charge in [0.15, 0.2) is 0 Å². The van der Waals surface area contributed by atoms with E-state index in [9.17, 15) is 4.79 Å². The quantitative estimate of drug-likeness (QED) is 0.556. The fourth-order valence-electron chi connectivity index (χ4n) is 3.47. The fraction of sp³-hybridized carbons (Fsp3) is 0.348. The smallest absolute Gasteiger partial charge is 0.330 e. The number of nitrogens with zero attached hydrogens (tertiary/aromatic N) is 2. The Morgan fingerprint density at radius 2 is 1.63 bits per heavy atom. The lowest BCUT2D eigenvalue weighted by Crippen LogP contribution is -2.51. The predicted octanol–water partition coefficient (Wildman–Crippen LogP) is 3.49. The predicted molar refractivity (Wildman–Crippen MR) is 108 cm³/mol. The van der Waals surface area contributed by atoms with Gasteiger partial charge < -0.3 is 4.74 Å². The van der Waals surface area contributed by atoms with Crippen molar-refractivity contribution in [3.05, 3.63) is 83.9 Å². The van der Waals surface area contributed by atoms with E-state index >= 15 is 0 Å². The Bertz CT molecular complexity index is 731. The van der Waals surface area contributed by atoms with E-state index < -0.39 is 0 Å². The van der Waals surface area contributed by atoms with Gasteiger partial charge in [-0.25, -0.2) is 4.79 Å². The highest BCUT2D eigenvalue weighted by atomic mass is 16.5. The van der Waals surface area contributed by atoms with Gasteiger partial charge in [-0.1, -0.05) is 66.7 Å². The van der Waals surface area contributed by atoms with Crippen LogP contribution >= 0.6 is 0 Å². The van der Waals surface area contributed by atoms with Crippen LogP contribution in [0.3, 0.4) is 0 Å². The molecule has 2 aromatic carbocycles. The lowest BCUT2D eigenvalue weighted by Gasteiger charge is -2.40. The Hall–Kier alpha value is -2.43. The summed E-state index contributed by atoms with van der Waals surface area (Å²) in [6.45, 7) is 6.95. The van der Waals surface area contributed by atoms with Gasteiger partial charge in [0.25, 0.3) is 0 Å². The minimum Gasteiger partial charge on any atom is -0.463 e. The first-order valence-electron chi connectivity index (χ1n) is 9.64. The summed E-state index contributed by atoms with van der Waals surface area (Å²) in [5, 5.41) is 0. The average Bonchev–Trinajstić information content (AvgIpc) is 2.70. The number of benzene rings is 2. The van der Waals surface area contributed by atoms with E-state index in [-0.39, 0.29) is 12.0 Å². The molecule has 0 aromatic heterocycles. The first kappa shape index (κ1) is 19.3. The Morgan fingerprint density at radius 1 is 1.00 bits per heavy atom. The first-order chi connectivity index (χ1) is 13.2. The minimum atomic E-state index is -0.266. The number of ether oxygens (including phenoxy) is 1. The fourth-order valence-corrected chi connectivity index (χ4v) is 3.47. The van der Waals surface area contributed by atoms with E-state index in [1.54, 1.807) is 6.08 Å². The summed E-state index contributed by atoms with van der Waals surface area (Å²) in [6, 6.07) is 21.2. The molecule has 0 radical (unpaired) electrons. The van der Waals surface area contributed by atoms with Crippen LogP contribution in [-0.4, -0.2) is 48.1 Å². The molecule has 1 aliphatic rings. The topological polar surface area (TPSA) is 32.8 Å². The van der Waals surface area contributed by atoms with Gasteiger partial charge in [-0.15, -0.1) is 0 Å². The standard InChI is InChI=1S/C23H28N2O2/c1-2-27-23(26)14-13-22-19-24(17-20-9-5-3-6-10-20)15-16-25(22)18-21-11-7-4-8-12-21/h3-14,22H,2,15-19H2,1H3. The van der Waals surface area contributed by atoms with Crippen LogP contribution in [0.2, 0.25) is 0 Å². The van der Waals surface area contributed by atoms with Crippen molar-refractivity contribution in [2.45, 2.75) is 26.1 Å². The molecular formula is C23H28N2O2. The summed E-state index contributed by atoms with van der Waals surface area (Å²) >= 11 is 0. The van der Waals surface area contributed by atoms with Gasteiger partial charge in [0.2, 0.25) is 0 Å². The highest BCUT2D eigenvalue weighted by Crippen LogP contribution is 2.17. The van der Waals surface area contributed by atoms with Crippen molar-refractivity contribution in [1.82, 2.24) is 9.80 Å². The van der Waals surface area contributed by atoms with Crippen molar-refractivity contribution in [3.63, 3.8) is 0 Å². The number of hydrogen-bond donors (Lipinski definition) is 0. The maximum Gasteiger partial charge on any atom is 0.330 e. The molecule has 1 saturated heterocycles. The molecule has 0 amide bonds. The van der Waals surface area contributed by atoms with Crippen molar-refractivity contribution in [2.75, 3.05) is 26.2 Å². The van der Waals surface area contributed by atoms with E-state index in [4.69, 9.17) is 4.74 Å². The SMILES string of the molecule is CCOC(=O)C=CC1CN(Cc2ccccc2)CCN1Cc1ccccc1. The second-order valence-electron chi connectivity index (χ2n) is 6.86. The van der Waals surface area contributed by atoms with E-state index in [2.05, 4.69) is 58.3 Å². The molecule has 4 heteroatoms. The molecule has 1 aliphatic heterocycles. The van der Waals surface area contributed by atoms with Crippen LogP contribution in [0.15, 0.2) is 72.8 Å². The summed E-state index contributed by atoms with van der Waals surface area (Å²) in [5.41, 5.74) is 2.62. The summed E-state index contributed by atoms with van der Waals surface area (Å²) < 4.78 is 5.05. The number of carbonyl (C=O) groups excluding carboxylic acids is 1. The molecule has 0 bridgehead atoms. The monoisotopic (exact) mass is 364 g/mol. The van der Waals surface area contributed by atoms with Crippen LogP contribution in [-0.2, 0) is 22.6 Å². The molecule has 142 valence electrons. The molecule has 1 heterocycles. The van der Waals surface area contributed by atoms with Crippen LogP contribution in [0.4, 0.5) is 0 Å². The molecule has 0 saturated carbocycles. The maximum atomic E-state index is 11.8. The van der Waals surface area contributed by atoms with E-state index in [0.29, 0.717) is 6.61 Å². The van der Waals surface area contributed by atoms with Crippen LogP contribution in [0.25, 0.3) is 0 Å². The highest BCUT2D eigenvalue weighted by Gasteiger charge is 2.25. The van der Waals surface area contributed by atoms with Gasteiger partial charge in [-0.05, 0) is 18.1 Å². The summed E-state index contributed by atoms with van der Waals surface area (Å²) in [4.78, 5) is 16.7. The van der Waals surface area contributed by atoms with E-state index in [1.165, 1.54) is 11.1 Å². The zero-order valence-corrected chi connectivity index (χ0v) is 16.0. The van der Waals surface area contributed by atoms with Crippen molar-refractivity contribution < 1.29 is 9.53 Å². The highest BCUT2D eigenvalue weighted by molar-refractivity contribution is 5.82. The minimum absolute atomic E-state index is 0.187. The zero-order valence-electron chi connectivity index (χ0n) is 16.0. The van der Waals surface area contributed by atoms with Crippen molar-refractivity contribution in [3.8, 4) is 0 Å². The van der Waals surface area contributed by atoms with Gasteiger partial charge in [-0.2, -0.15) is 0 Å². The molecule has 0 aliphatic carbocycles. The van der Waals surface area contributed by atoms with Crippen LogP contribution < -0.4 is 0 Å². The van der Waals surface area contributed by atoms with Crippen molar-refractivity contribution in [1.29, 1.82) is 0 Å².